The van der Waals surface area contributed by atoms with Crippen molar-refractivity contribution in [3.63, 3.8) is 0 Å². The molecule has 18 heavy (non-hydrogen) atoms. The van der Waals surface area contributed by atoms with Crippen LogP contribution >= 0.6 is 0 Å². The second-order valence-electron chi connectivity index (χ2n) is 4.72. The molecular weight excluding hydrogens is 228 g/mol. The first-order chi connectivity index (χ1) is 8.63. The van der Waals surface area contributed by atoms with Crippen LogP contribution < -0.4 is 4.90 Å². The number of carbonyl (C=O) groups is 1. The Morgan fingerprint density at radius 1 is 1.33 bits per heavy atom. The van der Waals surface area contributed by atoms with E-state index in [0.29, 0.717) is 13.0 Å². The fourth-order valence-electron chi connectivity index (χ4n) is 2.24. The van der Waals surface area contributed by atoms with E-state index in [2.05, 4.69) is 4.90 Å². The molecule has 4 nitrogen and oxygen atoms in total. The molecule has 0 radical (unpaired) electrons. The SMILES string of the molecule is CC[C@H](O)c1ccccc1N1CCN(C)C(=O)C1. The molecule has 1 aliphatic rings. The highest BCUT2D eigenvalue weighted by atomic mass is 16.3. The van der Waals surface area contributed by atoms with Crippen molar-refractivity contribution >= 4 is 11.6 Å². The van der Waals surface area contributed by atoms with E-state index in [9.17, 15) is 9.90 Å². The Labute approximate surface area is 108 Å². The molecule has 1 heterocycles. The minimum absolute atomic E-state index is 0.127. The standard InChI is InChI=1S/C14H20N2O2/c1-3-13(17)11-6-4-5-7-12(11)16-9-8-15(2)14(18)10-16/h4-7,13,17H,3,8-10H2,1-2H3/t13-/m0/s1. The lowest BCUT2D eigenvalue weighted by Gasteiger charge is -2.35. The number of likely N-dealkylation sites (N-methyl/N-ethyl adjacent to an activating group) is 1. The van der Waals surface area contributed by atoms with Gasteiger partial charge < -0.3 is 14.9 Å². The molecule has 1 fully saturated rings. The molecule has 1 amide bonds. The number of benzene rings is 1. The molecular formula is C14H20N2O2. The van der Waals surface area contributed by atoms with Gasteiger partial charge in [0.1, 0.15) is 0 Å². The van der Waals surface area contributed by atoms with Crippen molar-refractivity contribution in [2.45, 2.75) is 19.4 Å². The summed E-state index contributed by atoms with van der Waals surface area (Å²) in [4.78, 5) is 15.5. The number of amides is 1. The maximum Gasteiger partial charge on any atom is 0.241 e. The van der Waals surface area contributed by atoms with Crippen molar-refractivity contribution in [1.29, 1.82) is 0 Å². The summed E-state index contributed by atoms with van der Waals surface area (Å²) in [5.74, 6) is 0.127. The molecule has 98 valence electrons. The van der Waals surface area contributed by atoms with E-state index in [4.69, 9.17) is 0 Å². The number of carbonyl (C=O) groups excluding carboxylic acids is 1. The van der Waals surface area contributed by atoms with E-state index in [1.54, 1.807) is 4.90 Å². The molecule has 0 aromatic heterocycles. The van der Waals surface area contributed by atoms with Gasteiger partial charge in [-0.15, -0.1) is 0 Å². The van der Waals surface area contributed by atoms with Crippen LogP contribution in [0.2, 0.25) is 0 Å². The molecule has 1 N–H and O–H groups in total. The van der Waals surface area contributed by atoms with Crippen LogP contribution in [-0.4, -0.2) is 42.6 Å². The van der Waals surface area contributed by atoms with Crippen molar-refractivity contribution in [3.05, 3.63) is 29.8 Å². The molecule has 1 saturated heterocycles. The molecule has 0 bridgehead atoms. The lowest BCUT2D eigenvalue weighted by atomic mass is 10.0. The summed E-state index contributed by atoms with van der Waals surface area (Å²) in [5, 5.41) is 10.0. The number of para-hydroxylation sites is 1. The van der Waals surface area contributed by atoms with Crippen LogP contribution in [0.3, 0.4) is 0 Å². The number of rotatable bonds is 3. The normalized spacial score (nSPS) is 18.1. The minimum Gasteiger partial charge on any atom is -0.388 e. The lowest BCUT2D eigenvalue weighted by Crippen LogP contribution is -2.48. The molecule has 1 atom stereocenters. The van der Waals surface area contributed by atoms with E-state index in [1.807, 2.05) is 38.2 Å². The van der Waals surface area contributed by atoms with Crippen LogP contribution in [0.1, 0.15) is 25.0 Å². The number of aliphatic hydroxyl groups is 1. The Hall–Kier alpha value is -1.55. The molecule has 0 unspecified atom stereocenters. The molecule has 4 heteroatoms. The van der Waals surface area contributed by atoms with Crippen molar-refractivity contribution in [3.8, 4) is 0 Å². The van der Waals surface area contributed by atoms with Gasteiger partial charge in [0.15, 0.2) is 0 Å². The van der Waals surface area contributed by atoms with E-state index in [1.165, 1.54) is 0 Å². The first kappa shape index (κ1) is 12.9. The zero-order chi connectivity index (χ0) is 13.1. The Morgan fingerprint density at radius 3 is 2.72 bits per heavy atom. The number of aliphatic hydroxyl groups excluding tert-OH is 1. The maximum atomic E-state index is 11.8. The molecule has 0 saturated carbocycles. The number of anilines is 1. The van der Waals surface area contributed by atoms with Crippen LogP contribution in [0.5, 0.6) is 0 Å². The van der Waals surface area contributed by atoms with Gasteiger partial charge in [0.2, 0.25) is 5.91 Å². The summed E-state index contributed by atoms with van der Waals surface area (Å²) in [7, 11) is 1.83. The first-order valence-electron chi connectivity index (χ1n) is 6.39. The van der Waals surface area contributed by atoms with Crippen LogP contribution in [-0.2, 0) is 4.79 Å². The largest absolute Gasteiger partial charge is 0.388 e. The highest BCUT2D eigenvalue weighted by Crippen LogP contribution is 2.28. The van der Waals surface area contributed by atoms with Crippen LogP contribution in [0.15, 0.2) is 24.3 Å². The molecule has 1 aromatic carbocycles. The predicted molar refractivity (Wildman–Crippen MR) is 71.5 cm³/mol. The van der Waals surface area contributed by atoms with Crippen molar-refractivity contribution < 1.29 is 9.90 Å². The van der Waals surface area contributed by atoms with E-state index in [0.717, 1.165) is 24.3 Å². The highest BCUT2D eigenvalue weighted by molar-refractivity contribution is 5.83. The molecule has 0 spiro atoms. The third kappa shape index (κ3) is 2.48. The average Bonchev–Trinajstić information content (AvgIpc) is 2.41. The highest BCUT2D eigenvalue weighted by Gasteiger charge is 2.23. The van der Waals surface area contributed by atoms with Crippen molar-refractivity contribution in [2.24, 2.45) is 0 Å². The Balaban J connectivity index is 2.25. The van der Waals surface area contributed by atoms with E-state index < -0.39 is 6.10 Å². The Kier molecular flexibility index (Phi) is 3.87. The van der Waals surface area contributed by atoms with E-state index >= 15 is 0 Å². The lowest BCUT2D eigenvalue weighted by molar-refractivity contribution is -0.129. The second-order valence-corrected chi connectivity index (χ2v) is 4.72. The fourth-order valence-corrected chi connectivity index (χ4v) is 2.24. The molecule has 2 rings (SSSR count). The summed E-state index contributed by atoms with van der Waals surface area (Å²) in [6.45, 7) is 3.89. The quantitative estimate of drug-likeness (QED) is 0.879. The third-order valence-electron chi connectivity index (χ3n) is 3.48. The average molecular weight is 248 g/mol. The predicted octanol–water partition coefficient (Wildman–Crippen LogP) is 1.41. The summed E-state index contributed by atoms with van der Waals surface area (Å²) in [5.41, 5.74) is 1.89. The van der Waals surface area contributed by atoms with E-state index in [-0.39, 0.29) is 5.91 Å². The van der Waals surface area contributed by atoms with Crippen molar-refractivity contribution in [2.75, 3.05) is 31.6 Å². The number of piperazine rings is 1. The number of hydrogen-bond donors (Lipinski definition) is 1. The van der Waals surface area contributed by atoms with Crippen LogP contribution in [0, 0.1) is 0 Å². The van der Waals surface area contributed by atoms with Gasteiger partial charge in [0.05, 0.1) is 12.6 Å². The molecule has 1 aliphatic heterocycles. The van der Waals surface area contributed by atoms with Gasteiger partial charge in [-0.05, 0) is 12.5 Å². The van der Waals surface area contributed by atoms with Gasteiger partial charge in [-0.25, -0.2) is 0 Å². The third-order valence-corrected chi connectivity index (χ3v) is 3.48. The van der Waals surface area contributed by atoms with Gasteiger partial charge in [-0.2, -0.15) is 0 Å². The zero-order valence-corrected chi connectivity index (χ0v) is 11.0. The fraction of sp³-hybridized carbons (Fsp3) is 0.500. The minimum atomic E-state index is -0.462. The Bertz CT molecular complexity index is 434. The van der Waals surface area contributed by atoms with Gasteiger partial charge in [-0.3, -0.25) is 4.79 Å². The monoisotopic (exact) mass is 248 g/mol. The summed E-state index contributed by atoms with van der Waals surface area (Å²) >= 11 is 0. The summed E-state index contributed by atoms with van der Waals surface area (Å²) in [6.07, 6.45) is 0.217. The summed E-state index contributed by atoms with van der Waals surface area (Å²) < 4.78 is 0. The maximum absolute atomic E-state index is 11.8. The van der Waals surface area contributed by atoms with Gasteiger partial charge in [0, 0.05) is 31.4 Å². The Morgan fingerprint density at radius 2 is 2.06 bits per heavy atom. The number of nitrogens with zero attached hydrogens (tertiary/aromatic N) is 2. The van der Waals surface area contributed by atoms with Gasteiger partial charge in [0.25, 0.3) is 0 Å². The van der Waals surface area contributed by atoms with Gasteiger partial charge >= 0.3 is 0 Å². The zero-order valence-electron chi connectivity index (χ0n) is 11.0. The number of hydrogen-bond acceptors (Lipinski definition) is 3. The molecule has 0 aliphatic carbocycles. The molecule has 1 aromatic rings. The first-order valence-corrected chi connectivity index (χ1v) is 6.39. The van der Waals surface area contributed by atoms with Crippen LogP contribution in [0.4, 0.5) is 5.69 Å². The smallest absolute Gasteiger partial charge is 0.241 e. The summed E-state index contributed by atoms with van der Waals surface area (Å²) in [6, 6.07) is 7.79. The van der Waals surface area contributed by atoms with Crippen LogP contribution in [0.25, 0.3) is 0 Å². The van der Waals surface area contributed by atoms with Crippen molar-refractivity contribution in [1.82, 2.24) is 4.90 Å². The topological polar surface area (TPSA) is 43.8 Å². The second kappa shape index (κ2) is 5.40. The van der Waals surface area contributed by atoms with Gasteiger partial charge in [-0.1, -0.05) is 25.1 Å².